The number of nitrogens with zero attached hydrogens (tertiary/aromatic N) is 2. The highest BCUT2D eigenvalue weighted by molar-refractivity contribution is 7.91. The molecule has 1 N–H and O–H groups in total. The van der Waals surface area contributed by atoms with E-state index >= 15 is 0 Å². The largest absolute Gasteiger partial charge is 0.273 e. The van der Waals surface area contributed by atoms with E-state index in [1.165, 1.54) is 22.1 Å². The molecule has 1 amide bonds. The lowest BCUT2D eigenvalue weighted by atomic mass is 9.70. The molecule has 1 aliphatic heterocycles. The van der Waals surface area contributed by atoms with Crippen molar-refractivity contribution in [1.29, 1.82) is 0 Å². The molecule has 154 valence electrons. The molecule has 0 unspecified atom stereocenters. The molecule has 0 aromatic carbocycles. The van der Waals surface area contributed by atoms with Crippen molar-refractivity contribution in [3.05, 3.63) is 17.5 Å². The van der Waals surface area contributed by atoms with E-state index in [-0.39, 0.29) is 22.7 Å². The Bertz CT molecular complexity index is 884. The number of hydrazone groups is 1. The third-order valence-electron chi connectivity index (χ3n) is 7.73. The van der Waals surface area contributed by atoms with Gasteiger partial charge in [0.2, 0.25) is 5.91 Å². The zero-order chi connectivity index (χ0) is 20.2. The van der Waals surface area contributed by atoms with Crippen LogP contribution in [0.1, 0.15) is 52.9 Å². The minimum atomic E-state index is -3.43. The summed E-state index contributed by atoms with van der Waals surface area (Å²) in [5, 5.41) is 6.31. The SMILES string of the molecule is CC1(C)[C@@H]2CC[C@]1(C)/C(=N/NC(=O)C1CCN(S(=O)(=O)c3cccs3)CC1)C2. The van der Waals surface area contributed by atoms with Crippen LogP contribution in [0.3, 0.4) is 0 Å². The highest BCUT2D eigenvalue weighted by Crippen LogP contribution is 2.63. The normalized spacial score (nSPS) is 32.1. The number of rotatable bonds is 4. The molecule has 1 aromatic heterocycles. The summed E-state index contributed by atoms with van der Waals surface area (Å²) in [6.07, 6.45) is 4.42. The molecule has 2 saturated carbocycles. The van der Waals surface area contributed by atoms with Crippen LogP contribution < -0.4 is 5.43 Å². The van der Waals surface area contributed by atoms with Crippen molar-refractivity contribution >= 4 is 33.0 Å². The number of hydrogen-bond donors (Lipinski definition) is 1. The van der Waals surface area contributed by atoms with Crippen LogP contribution in [0.4, 0.5) is 0 Å². The first kappa shape index (κ1) is 20.0. The predicted octanol–water partition coefficient (Wildman–Crippen LogP) is 3.47. The number of thiophene rings is 1. The fraction of sp³-hybridized carbons (Fsp3) is 0.700. The molecule has 28 heavy (non-hydrogen) atoms. The van der Waals surface area contributed by atoms with Gasteiger partial charge in [0.05, 0.1) is 0 Å². The van der Waals surface area contributed by atoms with Crippen LogP contribution in [0.2, 0.25) is 0 Å². The Morgan fingerprint density at radius 1 is 1.25 bits per heavy atom. The van der Waals surface area contributed by atoms with Crippen molar-refractivity contribution in [2.24, 2.45) is 27.8 Å². The number of carbonyl (C=O) groups is 1. The molecule has 2 atom stereocenters. The topological polar surface area (TPSA) is 78.8 Å². The van der Waals surface area contributed by atoms with Gasteiger partial charge in [-0.15, -0.1) is 11.3 Å². The van der Waals surface area contributed by atoms with Gasteiger partial charge in [0.1, 0.15) is 4.21 Å². The number of nitrogens with one attached hydrogen (secondary N) is 1. The summed E-state index contributed by atoms with van der Waals surface area (Å²) in [7, 11) is -3.43. The fourth-order valence-electron chi connectivity index (χ4n) is 5.21. The second-order valence-electron chi connectivity index (χ2n) is 9.14. The van der Waals surface area contributed by atoms with Crippen LogP contribution in [-0.4, -0.2) is 37.4 Å². The molecule has 0 spiro atoms. The van der Waals surface area contributed by atoms with E-state index < -0.39 is 10.0 Å². The Labute approximate surface area is 171 Å². The molecule has 2 bridgehead atoms. The maximum atomic E-state index is 12.6. The number of sulfonamides is 1. The Balaban J connectivity index is 1.36. The first-order chi connectivity index (χ1) is 13.2. The fourth-order valence-corrected chi connectivity index (χ4v) is 7.82. The maximum absolute atomic E-state index is 12.6. The summed E-state index contributed by atoms with van der Waals surface area (Å²) >= 11 is 1.23. The van der Waals surface area contributed by atoms with E-state index in [1.807, 2.05) is 0 Å². The summed E-state index contributed by atoms with van der Waals surface area (Å²) in [5.41, 5.74) is 4.24. The summed E-state index contributed by atoms with van der Waals surface area (Å²) in [6, 6.07) is 3.38. The van der Waals surface area contributed by atoms with E-state index in [9.17, 15) is 13.2 Å². The Morgan fingerprint density at radius 3 is 2.50 bits per heavy atom. The van der Waals surface area contributed by atoms with Crippen LogP contribution in [0, 0.1) is 22.7 Å². The van der Waals surface area contributed by atoms with Crippen LogP contribution in [0.5, 0.6) is 0 Å². The van der Waals surface area contributed by atoms with Crippen LogP contribution in [0.15, 0.2) is 26.8 Å². The van der Waals surface area contributed by atoms with E-state index in [4.69, 9.17) is 0 Å². The van der Waals surface area contributed by atoms with Crippen molar-refractivity contribution < 1.29 is 13.2 Å². The molecular weight excluding hydrogens is 394 g/mol. The van der Waals surface area contributed by atoms with Crippen LogP contribution >= 0.6 is 11.3 Å². The lowest BCUT2D eigenvalue weighted by Crippen LogP contribution is -2.42. The molecule has 0 radical (unpaired) electrons. The highest BCUT2D eigenvalue weighted by atomic mass is 32.2. The lowest BCUT2D eigenvalue weighted by Gasteiger charge is -2.34. The van der Waals surface area contributed by atoms with E-state index in [0.717, 1.165) is 18.6 Å². The molecular formula is C20H29N3O3S2. The van der Waals surface area contributed by atoms with Gasteiger partial charge in [0.15, 0.2) is 0 Å². The van der Waals surface area contributed by atoms with E-state index in [1.54, 1.807) is 17.5 Å². The Morgan fingerprint density at radius 2 is 1.96 bits per heavy atom. The summed E-state index contributed by atoms with van der Waals surface area (Å²) in [4.78, 5) is 12.6. The van der Waals surface area contributed by atoms with Crippen molar-refractivity contribution in [3.63, 3.8) is 0 Å². The van der Waals surface area contributed by atoms with Crippen LogP contribution in [0.25, 0.3) is 0 Å². The third kappa shape index (κ3) is 3.04. The average Bonchev–Trinajstić information content (AvgIpc) is 3.33. The van der Waals surface area contributed by atoms with Crippen molar-refractivity contribution in [2.75, 3.05) is 13.1 Å². The molecule has 4 rings (SSSR count). The molecule has 3 aliphatic rings. The standard InChI is InChI=1S/C20H29N3O3S2/c1-19(2)15-6-9-20(19,3)16(13-15)21-22-18(24)14-7-10-23(11-8-14)28(25,26)17-5-4-12-27-17/h4-5,12,14-15H,6-11,13H2,1-3H3,(H,22,24)/b21-16+/t15-,20-/m1/s1. The van der Waals surface area contributed by atoms with Crippen molar-refractivity contribution in [2.45, 2.75) is 57.1 Å². The second kappa shape index (κ2) is 6.92. The number of amides is 1. The zero-order valence-electron chi connectivity index (χ0n) is 16.8. The molecule has 1 saturated heterocycles. The monoisotopic (exact) mass is 423 g/mol. The Kier molecular flexibility index (Phi) is 4.95. The van der Waals surface area contributed by atoms with Gasteiger partial charge in [-0.05, 0) is 54.9 Å². The molecule has 2 aliphatic carbocycles. The maximum Gasteiger partial charge on any atom is 0.252 e. The van der Waals surface area contributed by atoms with Gasteiger partial charge in [-0.1, -0.05) is 26.8 Å². The van der Waals surface area contributed by atoms with Gasteiger partial charge in [0.25, 0.3) is 10.0 Å². The first-order valence-corrected chi connectivity index (χ1v) is 12.4. The summed E-state index contributed by atoms with van der Waals surface area (Å²) < 4.78 is 27.1. The third-order valence-corrected chi connectivity index (χ3v) is 11.0. The highest BCUT2D eigenvalue weighted by Gasteiger charge is 2.60. The summed E-state index contributed by atoms with van der Waals surface area (Å²) in [5.74, 6) is 0.391. The lowest BCUT2D eigenvalue weighted by molar-refractivity contribution is -0.126. The van der Waals surface area contributed by atoms with Crippen molar-refractivity contribution in [3.8, 4) is 0 Å². The van der Waals surface area contributed by atoms with Gasteiger partial charge >= 0.3 is 0 Å². The quantitative estimate of drug-likeness (QED) is 0.753. The second-order valence-corrected chi connectivity index (χ2v) is 12.3. The smallest absolute Gasteiger partial charge is 0.252 e. The van der Waals surface area contributed by atoms with E-state index in [2.05, 4.69) is 31.3 Å². The summed E-state index contributed by atoms with van der Waals surface area (Å²) in [6.45, 7) is 7.67. The number of carbonyl (C=O) groups excluding carboxylic acids is 1. The minimum absolute atomic E-state index is 0.0725. The van der Waals surface area contributed by atoms with Gasteiger partial charge in [-0.2, -0.15) is 9.41 Å². The minimum Gasteiger partial charge on any atom is -0.273 e. The van der Waals surface area contributed by atoms with Gasteiger partial charge in [-0.3, -0.25) is 4.79 Å². The van der Waals surface area contributed by atoms with Gasteiger partial charge in [0, 0.05) is 30.1 Å². The van der Waals surface area contributed by atoms with E-state index in [0.29, 0.717) is 36.1 Å². The molecule has 1 aromatic rings. The van der Waals surface area contributed by atoms with Gasteiger partial charge in [-0.25, -0.2) is 13.8 Å². The number of hydrogen-bond acceptors (Lipinski definition) is 5. The number of fused-ring (bicyclic) bond motifs is 2. The number of piperidine rings is 1. The molecule has 2 heterocycles. The van der Waals surface area contributed by atoms with Crippen LogP contribution in [-0.2, 0) is 14.8 Å². The predicted molar refractivity (Wildman–Crippen MR) is 111 cm³/mol. The van der Waals surface area contributed by atoms with Crippen molar-refractivity contribution in [1.82, 2.24) is 9.73 Å². The molecule has 3 fully saturated rings. The molecule has 8 heteroatoms. The van der Waals surface area contributed by atoms with Gasteiger partial charge < -0.3 is 0 Å². The first-order valence-electron chi connectivity index (χ1n) is 10.1. The Hall–Kier alpha value is -1.25. The average molecular weight is 424 g/mol. The molecule has 6 nitrogen and oxygen atoms in total. The zero-order valence-corrected chi connectivity index (χ0v) is 18.4.